The molecule has 1 N–H and O–H groups in total. The Morgan fingerprint density at radius 1 is 1.31 bits per heavy atom. The molecule has 90 valence electrons. The number of para-hydroxylation sites is 1. The van der Waals surface area contributed by atoms with Crippen LogP contribution in [0.2, 0.25) is 0 Å². The highest BCUT2D eigenvalue weighted by Gasteiger charge is 2.10. The van der Waals surface area contributed by atoms with E-state index in [2.05, 4.69) is 31.5 Å². The number of nitrogens with one attached hydrogen (secondary N) is 1. The Bertz CT molecular complexity index is 317. The summed E-state index contributed by atoms with van der Waals surface area (Å²) in [6, 6.07) is 8.49. The molecule has 3 heteroatoms. The maximum absolute atomic E-state index is 5.35. The number of ether oxygens (including phenoxy) is 1. The molecule has 0 heterocycles. The molecule has 0 aliphatic heterocycles. The average Bonchev–Trinajstić information content (AvgIpc) is 2.35. The second kappa shape index (κ2) is 6.81. The fraction of sp³-hybridized carbons (Fsp3) is 0.538. The standard InChI is InChI=1S/C13H21NOS/c1-10(16-4)9-14-11(2)12-7-5-6-8-13(12)15-3/h5-8,10-11,14H,9H2,1-4H3/t10-,11+/m0/s1. The second-order valence-corrected chi connectivity index (χ2v) is 5.19. The molecule has 0 amide bonds. The zero-order valence-electron chi connectivity index (χ0n) is 10.5. The Balaban J connectivity index is 2.61. The zero-order chi connectivity index (χ0) is 12.0. The average molecular weight is 239 g/mol. The van der Waals surface area contributed by atoms with Crippen molar-refractivity contribution in [1.82, 2.24) is 5.32 Å². The molecule has 1 aromatic carbocycles. The lowest BCUT2D eigenvalue weighted by Crippen LogP contribution is -2.25. The van der Waals surface area contributed by atoms with Crippen molar-refractivity contribution in [2.24, 2.45) is 0 Å². The number of hydrogen-bond acceptors (Lipinski definition) is 3. The van der Waals surface area contributed by atoms with Gasteiger partial charge in [0.25, 0.3) is 0 Å². The zero-order valence-corrected chi connectivity index (χ0v) is 11.3. The molecule has 1 aromatic rings. The van der Waals surface area contributed by atoms with Gasteiger partial charge in [0.15, 0.2) is 0 Å². The Morgan fingerprint density at radius 2 is 2.00 bits per heavy atom. The summed E-state index contributed by atoms with van der Waals surface area (Å²) in [5, 5.41) is 4.16. The lowest BCUT2D eigenvalue weighted by Gasteiger charge is -2.19. The van der Waals surface area contributed by atoms with Gasteiger partial charge >= 0.3 is 0 Å². The van der Waals surface area contributed by atoms with Crippen LogP contribution < -0.4 is 10.1 Å². The van der Waals surface area contributed by atoms with Gasteiger partial charge in [-0.25, -0.2) is 0 Å². The maximum Gasteiger partial charge on any atom is 0.123 e. The van der Waals surface area contributed by atoms with Crippen molar-refractivity contribution in [3.8, 4) is 5.75 Å². The summed E-state index contributed by atoms with van der Waals surface area (Å²) in [7, 11) is 1.72. The third kappa shape index (κ3) is 3.72. The SMILES string of the molecule is COc1ccccc1[C@@H](C)NC[C@H](C)SC. The Kier molecular flexibility index (Phi) is 5.71. The highest BCUT2D eigenvalue weighted by atomic mass is 32.2. The largest absolute Gasteiger partial charge is 0.496 e. The molecule has 0 fully saturated rings. The minimum atomic E-state index is 0.325. The van der Waals surface area contributed by atoms with Gasteiger partial charge in [-0.3, -0.25) is 0 Å². The molecule has 1 rings (SSSR count). The van der Waals surface area contributed by atoms with Gasteiger partial charge in [-0.1, -0.05) is 25.1 Å². The molecule has 0 saturated heterocycles. The van der Waals surface area contributed by atoms with Gasteiger partial charge in [0, 0.05) is 23.4 Å². The maximum atomic E-state index is 5.35. The highest BCUT2D eigenvalue weighted by Crippen LogP contribution is 2.24. The first-order chi connectivity index (χ1) is 7.69. The quantitative estimate of drug-likeness (QED) is 0.824. The van der Waals surface area contributed by atoms with Crippen molar-refractivity contribution in [2.75, 3.05) is 19.9 Å². The summed E-state index contributed by atoms with van der Waals surface area (Å²) in [6.45, 7) is 5.41. The van der Waals surface area contributed by atoms with Gasteiger partial charge in [0.2, 0.25) is 0 Å². The summed E-state index contributed by atoms with van der Waals surface area (Å²) in [5.41, 5.74) is 1.22. The van der Waals surface area contributed by atoms with Crippen LogP contribution in [0.25, 0.3) is 0 Å². The molecule has 0 aliphatic carbocycles. The number of thioether (sulfide) groups is 1. The molecular weight excluding hydrogens is 218 g/mol. The van der Waals surface area contributed by atoms with Gasteiger partial charge < -0.3 is 10.1 Å². The number of hydrogen-bond donors (Lipinski definition) is 1. The van der Waals surface area contributed by atoms with Crippen LogP contribution in [0.1, 0.15) is 25.5 Å². The molecule has 0 aliphatic rings. The van der Waals surface area contributed by atoms with Gasteiger partial charge in [-0.15, -0.1) is 0 Å². The van der Waals surface area contributed by atoms with E-state index in [4.69, 9.17) is 4.74 Å². The third-order valence-electron chi connectivity index (χ3n) is 2.72. The van der Waals surface area contributed by atoms with Crippen molar-refractivity contribution < 1.29 is 4.74 Å². The van der Waals surface area contributed by atoms with E-state index in [-0.39, 0.29) is 0 Å². The van der Waals surface area contributed by atoms with Crippen LogP contribution in [0.3, 0.4) is 0 Å². The Labute approximate surface area is 103 Å². The van der Waals surface area contributed by atoms with Gasteiger partial charge in [0.1, 0.15) is 5.75 Å². The fourth-order valence-electron chi connectivity index (χ4n) is 1.56. The van der Waals surface area contributed by atoms with Crippen LogP contribution in [-0.2, 0) is 0 Å². The molecule has 2 atom stereocenters. The van der Waals surface area contributed by atoms with E-state index in [1.807, 2.05) is 30.0 Å². The van der Waals surface area contributed by atoms with Crippen LogP contribution >= 0.6 is 11.8 Å². The smallest absolute Gasteiger partial charge is 0.123 e. The lowest BCUT2D eigenvalue weighted by atomic mass is 10.1. The van der Waals surface area contributed by atoms with Crippen molar-refractivity contribution in [2.45, 2.75) is 25.1 Å². The van der Waals surface area contributed by atoms with Crippen molar-refractivity contribution >= 4 is 11.8 Å². The molecule has 0 bridgehead atoms. The van der Waals surface area contributed by atoms with E-state index in [1.54, 1.807) is 7.11 Å². The van der Waals surface area contributed by atoms with E-state index in [1.165, 1.54) is 5.56 Å². The first-order valence-electron chi connectivity index (χ1n) is 5.58. The van der Waals surface area contributed by atoms with Crippen LogP contribution in [0.15, 0.2) is 24.3 Å². The minimum Gasteiger partial charge on any atom is -0.496 e. The summed E-state index contributed by atoms with van der Waals surface area (Å²) in [5.74, 6) is 0.958. The van der Waals surface area contributed by atoms with E-state index in [9.17, 15) is 0 Å². The van der Waals surface area contributed by atoms with Crippen molar-refractivity contribution in [1.29, 1.82) is 0 Å². The van der Waals surface area contributed by atoms with Gasteiger partial charge in [-0.2, -0.15) is 11.8 Å². The van der Waals surface area contributed by atoms with Crippen LogP contribution in [0, 0.1) is 0 Å². The van der Waals surface area contributed by atoms with Gasteiger partial charge in [-0.05, 0) is 19.2 Å². The monoisotopic (exact) mass is 239 g/mol. The van der Waals surface area contributed by atoms with Crippen LogP contribution in [-0.4, -0.2) is 25.2 Å². The van der Waals surface area contributed by atoms with Crippen molar-refractivity contribution in [3.63, 3.8) is 0 Å². The third-order valence-corrected chi connectivity index (χ3v) is 3.69. The van der Waals surface area contributed by atoms with E-state index in [0.29, 0.717) is 11.3 Å². The Hall–Kier alpha value is -0.670. The van der Waals surface area contributed by atoms with Crippen LogP contribution in [0.5, 0.6) is 5.75 Å². The first-order valence-corrected chi connectivity index (χ1v) is 6.87. The molecule has 2 nitrogen and oxygen atoms in total. The molecule has 0 spiro atoms. The van der Waals surface area contributed by atoms with Gasteiger partial charge in [0.05, 0.1) is 7.11 Å². The van der Waals surface area contributed by atoms with E-state index >= 15 is 0 Å². The summed E-state index contributed by atoms with van der Waals surface area (Å²) in [6.07, 6.45) is 2.14. The van der Waals surface area contributed by atoms with E-state index in [0.717, 1.165) is 12.3 Å². The molecule has 16 heavy (non-hydrogen) atoms. The minimum absolute atomic E-state index is 0.325. The highest BCUT2D eigenvalue weighted by molar-refractivity contribution is 7.99. The number of benzene rings is 1. The summed E-state index contributed by atoms with van der Waals surface area (Å²) >= 11 is 1.88. The predicted molar refractivity (Wildman–Crippen MR) is 72.4 cm³/mol. The fourth-order valence-corrected chi connectivity index (χ4v) is 1.82. The molecule has 0 aromatic heterocycles. The summed E-state index contributed by atoms with van der Waals surface area (Å²) < 4.78 is 5.35. The second-order valence-electron chi connectivity index (χ2n) is 3.92. The number of methoxy groups -OCH3 is 1. The first kappa shape index (κ1) is 13.4. The topological polar surface area (TPSA) is 21.3 Å². The Morgan fingerprint density at radius 3 is 2.62 bits per heavy atom. The molecule has 0 saturated carbocycles. The predicted octanol–water partition coefficient (Wildman–Crippen LogP) is 3.10. The lowest BCUT2D eigenvalue weighted by molar-refractivity contribution is 0.402. The molecular formula is C13H21NOS. The van der Waals surface area contributed by atoms with E-state index < -0.39 is 0 Å². The molecule has 0 unspecified atom stereocenters. The molecule has 0 radical (unpaired) electrons. The van der Waals surface area contributed by atoms with Crippen molar-refractivity contribution in [3.05, 3.63) is 29.8 Å². The van der Waals surface area contributed by atoms with Crippen LogP contribution in [0.4, 0.5) is 0 Å². The number of rotatable bonds is 6. The summed E-state index contributed by atoms with van der Waals surface area (Å²) in [4.78, 5) is 0. The normalized spacial score (nSPS) is 14.5.